The highest BCUT2D eigenvalue weighted by Crippen LogP contribution is 2.51. The normalized spacial score (nSPS) is 17.2. The summed E-state index contributed by atoms with van der Waals surface area (Å²) in [5, 5.41) is 0. The van der Waals surface area contributed by atoms with Crippen LogP contribution in [0.4, 0.5) is 0 Å². The molecule has 0 saturated carbocycles. The molecule has 0 radical (unpaired) electrons. The third kappa shape index (κ3) is 2.57. The maximum atomic E-state index is 2.45. The first-order chi connectivity index (χ1) is 6.85. The predicted molar refractivity (Wildman–Crippen MR) is 71.0 cm³/mol. The Hall–Kier alpha value is 0. The molecule has 0 aromatic heterocycles. The van der Waals surface area contributed by atoms with E-state index in [9.17, 15) is 0 Å². The molecule has 0 aliphatic rings. The van der Waals surface area contributed by atoms with E-state index in [4.69, 9.17) is 0 Å². The highest BCUT2D eigenvalue weighted by molar-refractivity contribution is 4.92. The van der Waals surface area contributed by atoms with Crippen molar-refractivity contribution < 1.29 is 0 Å². The topological polar surface area (TPSA) is 0 Å². The third-order valence-electron chi connectivity index (χ3n) is 4.93. The molecule has 2 atom stereocenters. The van der Waals surface area contributed by atoms with Gasteiger partial charge in [-0.25, -0.2) is 0 Å². The zero-order chi connectivity index (χ0) is 12.2. The Bertz CT molecular complexity index is 147. The van der Waals surface area contributed by atoms with Gasteiger partial charge < -0.3 is 0 Å². The van der Waals surface area contributed by atoms with Gasteiger partial charge in [0.2, 0.25) is 0 Å². The van der Waals surface area contributed by atoms with Crippen LogP contribution >= 0.6 is 0 Å². The quantitative estimate of drug-likeness (QED) is 0.554. The van der Waals surface area contributed by atoms with Crippen LogP contribution in [0.15, 0.2) is 0 Å². The first-order valence-corrected chi connectivity index (χ1v) is 6.85. The Morgan fingerprint density at radius 3 is 1.07 bits per heavy atom. The maximum absolute atomic E-state index is 2.45. The lowest BCUT2D eigenvalue weighted by atomic mass is 9.54. The third-order valence-corrected chi connectivity index (χ3v) is 4.93. The molecule has 0 aliphatic carbocycles. The molecular weight excluding hydrogens is 180 g/mol. The molecule has 0 bridgehead atoms. The average molecular weight is 212 g/mol. The molecule has 0 rings (SSSR count). The van der Waals surface area contributed by atoms with Crippen molar-refractivity contribution in [3.05, 3.63) is 0 Å². The minimum absolute atomic E-state index is 0.517. The largest absolute Gasteiger partial charge is 0.0651 e. The smallest absolute Gasteiger partial charge is 0.0200 e. The van der Waals surface area contributed by atoms with Crippen molar-refractivity contribution in [3.63, 3.8) is 0 Å². The van der Waals surface area contributed by atoms with Gasteiger partial charge in [0.15, 0.2) is 0 Å². The second kappa shape index (κ2) is 5.92. The van der Waals surface area contributed by atoms with Gasteiger partial charge >= 0.3 is 0 Å². The molecule has 0 aromatic carbocycles. The molecule has 92 valence electrons. The van der Waals surface area contributed by atoms with Gasteiger partial charge in [0.1, 0.15) is 0 Å². The van der Waals surface area contributed by atoms with E-state index in [0.717, 1.165) is 23.7 Å². The van der Waals surface area contributed by atoms with Crippen LogP contribution in [-0.4, -0.2) is 0 Å². The van der Waals surface area contributed by atoms with Gasteiger partial charge in [0, 0.05) is 0 Å². The van der Waals surface area contributed by atoms with Crippen molar-refractivity contribution in [2.45, 2.75) is 68.2 Å². The van der Waals surface area contributed by atoms with Crippen molar-refractivity contribution in [1.82, 2.24) is 0 Å². The fourth-order valence-electron chi connectivity index (χ4n) is 4.14. The lowest BCUT2D eigenvalue weighted by Gasteiger charge is -2.51. The summed E-state index contributed by atoms with van der Waals surface area (Å²) in [7, 11) is 0. The van der Waals surface area contributed by atoms with E-state index >= 15 is 0 Å². The van der Waals surface area contributed by atoms with Crippen molar-refractivity contribution in [2.24, 2.45) is 29.1 Å². The molecule has 0 heterocycles. The van der Waals surface area contributed by atoms with Gasteiger partial charge in [0.05, 0.1) is 0 Å². The number of rotatable bonds is 6. The molecule has 0 heteroatoms. The molecule has 0 aromatic rings. The SMILES string of the molecule is CCC(C)C(C(C)C)(C(C)C)C(C)CC. The van der Waals surface area contributed by atoms with Gasteiger partial charge in [-0.1, -0.05) is 68.2 Å². The average Bonchev–Trinajstić information content (AvgIpc) is 2.16. The van der Waals surface area contributed by atoms with Crippen LogP contribution in [0.1, 0.15) is 68.2 Å². The van der Waals surface area contributed by atoms with E-state index in [2.05, 4.69) is 55.4 Å². The molecule has 0 spiro atoms. The van der Waals surface area contributed by atoms with Crippen molar-refractivity contribution >= 4 is 0 Å². The summed E-state index contributed by atoms with van der Waals surface area (Å²) in [6, 6.07) is 0. The van der Waals surface area contributed by atoms with Crippen molar-refractivity contribution in [1.29, 1.82) is 0 Å². The molecule has 0 fully saturated rings. The molecule has 0 saturated heterocycles. The Balaban J connectivity index is 5.26. The van der Waals surface area contributed by atoms with Gasteiger partial charge in [-0.05, 0) is 29.1 Å². The molecule has 15 heavy (non-hydrogen) atoms. The lowest BCUT2D eigenvalue weighted by Crippen LogP contribution is -2.44. The first-order valence-electron chi connectivity index (χ1n) is 6.85. The first kappa shape index (κ1) is 15.0. The van der Waals surface area contributed by atoms with Crippen molar-refractivity contribution in [3.8, 4) is 0 Å². The molecule has 0 N–H and O–H groups in total. The molecule has 0 nitrogen and oxygen atoms in total. The number of hydrogen-bond donors (Lipinski definition) is 0. The minimum atomic E-state index is 0.517. The summed E-state index contributed by atoms with van der Waals surface area (Å²) < 4.78 is 0. The van der Waals surface area contributed by atoms with Crippen LogP contribution in [-0.2, 0) is 0 Å². The fraction of sp³-hybridized carbons (Fsp3) is 1.00. The van der Waals surface area contributed by atoms with E-state index in [0.29, 0.717) is 5.41 Å². The van der Waals surface area contributed by atoms with E-state index in [-0.39, 0.29) is 0 Å². The zero-order valence-electron chi connectivity index (χ0n) is 12.2. The van der Waals surface area contributed by atoms with Crippen molar-refractivity contribution in [2.75, 3.05) is 0 Å². The molecular formula is C15H32. The molecule has 0 amide bonds. The summed E-state index contributed by atoms with van der Waals surface area (Å²) in [5.74, 6) is 3.21. The zero-order valence-corrected chi connectivity index (χ0v) is 12.2. The van der Waals surface area contributed by atoms with Crippen LogP contribution < -0.4 is 0 Å². The Kier molecular flexibility index (Phi) is 5.92. The predicted octanol–water partition coefficient (Wildman–Crippen LogP) is 5.38. The van der Waals surface area contributed by atoms with Crippen LogP contribution in [0, 0.1) is 29.1 Å². The summed E-state index contributed by atoms with van der Waals surface area (Å²) in [6.45, 7) is 19.2. The van der Waals surface area contributed by atoms with E-state index in [1.165, 1.54) is 12.8 Å². The fourth-order valence-corrected chi connectivity index (χ4v) is 4.14. The molecule has 0 aliphatic heterocycles. The van der Waals surface area contributed by atoms with Crippen LogP contribution in [0.5, 0.6) is 0 Å². The highest BCUT2D eigenvalue weighted by Gasteiger charge is 2.44. The standard InChI is InChI=1S/C15H32/c1-9-13(7)15(11(3)4,12(5)6)14(8)10-2/h11-14H,9-10H2,1-8H3. The summed E-state index contributed by atoms with van der Waals surface area (Å²) >= 11 is 0. The summed E-state index contributed by atoms with van der Waals surface area (Å²) in [4.78, 5) is 0. The minimum Gasteiger partial charge on any atom is -0.0651 e. The van der Waals surface area contributed by atoms with Gasteiger partial charge in [-0.15, -0.1) is 0 Å². The van der Waals surface area contributed by atoms with E-state index < -0.39 is 0 Å². The van der Waals surface area contributed by atoms with Crippen LogP contribution in [0.25, 0.3) is 0 Å². The summed E-state index contributed by atoms with van der Waals surface area (Å²) in [5.41, 5.74) is 0.517. The summed E-state index contributed by atoms with van der Waals surface area (Å²) in [6.07, 6.45) is 2.61. The lowest BCUT2D eigenvalue weighted by molar-refractivity contribution is -0.0225. The van der Waals surface area contributed by atoms with E-state index in [1.54, 1.807) is 0 Å². The monoisotopic (exact) mass is 212 g/mol. The Morgan fingerprint density at radius 1 is 0.667 bits per heavy atom. The van der Waals surface area contributed by atoms with Gasteiger partial charge in [0.25, 0.3) is 0 Å². The molecule has 2 unspecified atom stereocenters. The highest BCUT2D eigenvalue weighted by atomic mass is 14.5. The van der Waals surface area contributed by atoms with E-state index in [1.807, 2.05) is 0 Å². The van der Waals surface area contributed by atoms with Gasteiger partial charge in [-0.3, -0.25) is 0 Å². The second-order valence-corrected chi connectivity index (χ2v) is 5.93. The van der Waals surface area contributed by atoms with Crippen LogP contribution in [0.2, 0.25) is 0 Å². The van der Waals surface area contributed by atoms with Crippen LogP contribution in [0.3, 0.4) is 0 Å². The number of hydrogen-bond acceptors (Lipinski definition) is 0. The maximum Gasteiger partial charge on any atom is -0.0200 e. The second-order valence-electron chi connectivity index (χ2n) is 5.93. The van der Waals surface area contributed by atoms with Gasteiger partial charge in [-0.2, -0.15) is 0 Å². The Labute approximate surface area is 97.8 Å². The Morgan fingerprint density at radius 2 is 0.933 bits per heavy atom.